The number of ether oxygens (including phenoxy) is 2. The van der Waals surface area contributed by atoms with Gasteiger partial charge in [0.25, 0.3) is 11.8 Å². The first-order valence-corrected chi connectivity index (χ1v) is 13.7. The van der Waals surface area contributed by atoms with Gasteiger partial charge in [-0.1, -0.05) is 43.6 Å². The second-order valence-corrected chi connectivity index (χ2v) is 8.36. The largest absolute Gasteiger partial charge is 0.464 e. The number of rotatable bonds is 17. The lowest BCUT2D eigenvalue weighted by Gasteiger charge is -2.12. The van der Waals surface area contributed by atoms with Crippen molar-refractivity contribution >= 4 is 47.4 Å². The maximum Gasteiger partial charge on any atom is 0.333 e. The number of carbonyl (C=O) groups is 8. The van der Waals surface area contributed by atoms with Gasteiger partial charge in [-0.25, -0.2) is 4.79 Å². The fourth-order valence-corrected chi connectivity index (χ4v) is 2.84. The highest BCUT2D eigenvalue weighted by atomic mass is 16.7. The number of nitrogens with zero attached hydrogens (tertiary/aromatic N) is 1. The Bertz CT molecular complexity index is 882. The van der Waals surface area contributed by atoms with Crippen molar-refractivity contribution in [2.24, 2.45) is 5.73 Å². The summed E-state index contributed by atoms with van der Waals surface area (Å²) in [4.78, 5) is 94.1. The van der Waals surface area contributed by atoms with E-state index in [0.29, 0.717) is 24.4 Å². The van der Waals surface area contributed by atoms with Crippen LogP contribution < -0.4 is 21.7 Å². The number of hydrogen-bond acceptors (Lipinski definition) is 12. The molecule has 1 saturated heterocycles. The van der Waals surface area contributed by atoms with Crippen LogP contribution in [0, 0.1) is 0 Å². The van der Waals surface area contributed by atoms with E-state index in [-0.39, 0.29) is 106 Å². The Morgan fingerprint density at radius 2 is 1.00 bits per heavy atom. The first kappa shape index (κ1) is 54.4. The highest BCUT2D eigenvalue weighted by Gasteiger charge is 2.32. The molecule has 272 valence electrons. The number of nitrogens with one attached hydrogen (secondary N) is 3. The third kappa shape index (κ3) is 30.0. The topological polar surface area (TPSA) is 230 Å². The Morgan fingerprint density at radius 3 is 1.37 bits per heavy atom. The fourth-order valence-electron chi connectivity index (χ4n) is 2.84. The van der Waals surface area contributed by atoms with Crippen LogP contribution in [0.25, 0.3) is 0 Å². The van der Waals surface area contributed by atoms with Crippen LogP contribution >= 0.6 is 0 Å². The second-order valence-electron chi connectivity index (χ2n) is 8.36. The van der Waals surface area contributed by atoms with Crippen LogP contribution in [-0.2, 0) is 52.7 Å². The molecule has 0 spiro atoms. The Labute approximate surface area is 275 Å². The predicted molar refractivity (Wildman–Crippen MR) is 175 cm³/mol. The van der Waals surface area contributed by atoms with Crippen molar-refractivity contribution in [2.75, 3.05) is 40.4 Å². The molecule has 1 heterocycles. The maximum absolute atomic E-state index is 11.5. The van der Waals surface area contributed by atoms with Crippen molar-refractivity contribution in [2.45, 2.75) is 108 Å². The number of hydroxylamine groups is 2. The molecule has 0 aromatic rings. The minimum atomic E-state index is -0.859. The van der Waals surface area contributed by atoms with Crippen LogP contribution in [0.3, 0.4) is 0 Å². The summed E-state index contributed by atoms with van der Waals surface area (Å²) in [6.45, 7) is 4.45. The van der Waals surface area contributed by atoms with Crippen LogP contribution in [0.4, 0.5) is 0 Å². The van der Waals surface area contributed by atoms with Crippen molar-refractivity contribution in [3.63, 3.8) is 0 Å². The van der Waals surface area contributed by atoms with Crippen molar-refractivity contribution < 1.29 is 52.7 Å². The molecular weight excluding hydrogens is 606 g/mol. The molecule has 16 nitrogen and oxygen atoms in total. The van der Waals surface area contributed by atoms with Gasteiger partial charge < -0.3 is 36.0 Å². The molecule has 1 rings (SSSR count). The first-order chi connectivity index (χ1) is 20.0. The number of imide groups is 1. The number of hydrogen-bond donors (Lipinski definition) is 4. The summed E-state index contributed by atoms with van der Waals surface area (Å²) in [5.41, 5.74) is 4.50. The summed E-state index contributed by atoms with van der Waals surface area (Å²) in [5.74, 6) is -3.44. The number of nitrogens with two attached hydrogens (primary N) is 1. The summed E-state index contributed by atoms with van der Waals surface area (Å²) < 4.78 is 9.66. The minimum Gasteiger partial charge on any atom is -0.464 e. The minimum absolute atomic E-state index is 0. The molecule has 1 aliphatic rings. The Balaban J connectivity index is -0.000000157. The average Bonchev–Trinajstić information content (AvgIpc) is 3.29. The number of carbonyl (C=O) groups excluding carboxylic acids is 8. The fraction of sp³-hybridized carbons (Fsp3) is 0.733. The van der Waals surface area contributed by atoms with Gasteiger partial charge in [-0.05, 0) is 19.9 Å². The van der Waals surface area contributed by atoms with Crippen molar-refractivity contribution in [1.29, 1.82) is 0 Å². The van der Waals surface area contributed by atoms with Crippen molar-refractivity contribution in [3.8, 4) is 0 Å². The van der Waals surface area contributed by atoms with E-state index in [1.165, 1.54) is 14.1 Å². The SMILES string of the molecule is C.C.C.C.CCCC(=O)NCCOC(=O)CCC(=O)NC.CCCC(=O)NCCOC(=O)CCC(=O)ON1C(=O)CCC1=O.CN. The van der Waals surface area contributed by atoms with Gasteiger partial charge in [-0.15, -0.1) is 5.06 Å². The second kappa shape index (κ2) is 35.4. The Hall–Kier alpha value is -4.08. The van der Waals surface area contributed by atoms with Crippen LogP contribution in [0.5, 0.6) is 0 Å². The molecule has 0 bridgehead atoms. The lowest BCUT2D eigenvalue weighted by atomic mass is 10.3. The first-order valence-electron chi connectivity index (χ1n) is 13.7. The number of amides is 5. The molecule has 1 fully saturated rings. The summed E-state index contributed by atoms with van der Waals surface area (Å²) in [6.07, 6.45) is 2.07. The normalized spacial score (nSPS) is 10.6. The Kier molecular flexibility index (Phi) is 41.9. The van der Waals surface area contributed by atoms with Gasteiger partial charge >= 0.3 is 17.9 Å². The molecule has 16 heteroatoms. The predicted octanol–water partition coefficient (Wildman–Crippen LogP) is 1.92. The van der Waals surface area contributed by atoms with Crippen LogP contribution in [0.15, 0.2) is 0 Å². The van der Waals surface area contributed by atoms with E-state index in [9.17, 15) is 38.4 Å². The van der Waals surface area contributed by atoms with Gasteiger partial charge in [0.15, 0.2) is 0 Å². The van der Waals surface area contributed by atoms with E-state index in [0.717, 1.165) is 12.8 Å². The van der Waals surface area contributed by atoms with Crippen LogP contribution in [0.2, 0.25) is 0 Å². The summed E-state index contributed by atoms with van der Waals surface area (Å²) in [5, 5.41) is 8.03. The molecule has 0 saturated carbocycles. The zero-order chi connectivity index (χ0) is 32.3. The maximum atomic E-state index is 11.5. The van der Waals surface area contributed by atoms with Gasteiger partial charge in [0.2, 0.25) is 17.7 Å². The van der Waals surface area contributed by atoms with Gasteiger partial charge in [-0.2, -0.15) is 0 Å². The molecule has 0 atom stereocenters. The highest BCUT2D eigenvalue weighted by Crippen LogP contribution is 2.13. The lowest BCUT2D eigenvalue weighted by Crippen LogP contribution is -2.32. The standard InChI is InChI=1S/C14H20N2O7.C11H20N2O4.CH5N.4CH4/c1-2-3-10(17)15-8-9-22-13(20)6-7-14(21)23-16-11(18)4-5-12(16)19;1-3-4-10(15)13-7-8-17-11(16)6-5-9(14)12-2;1-2;;;;/h2-9H2,1H3,(H,15,17);3-8H2,1-2H3,(H,12,14)(H,13,15);2H2,1H3;4*1H4. The molecular formula is C30H61N5O11. The zero-order valence-corrected chi connectivity index (χ0v) is 24.9. The highest BCUT2D eigenvalue weighted by molar-refractivity contribution is 6.01. The van der Waals surface area contributed by atoms with E-state index in [1.54, 1.807) is 0 Å². The van der Waals surface area contributed by atoms with Crippen LogP contribution in [0.1, 0.15) is 108 Å². The van der Waals surface area contributed by atoms with Crippen LogP contribution in [-0.4, -0.2) is 92.9 Å². The summed E-state index contributed by atoms with van der Waals surface area (Å²) in [7, 11) is 3.01. The van der Waals surface area contributed by atoms with Gasteiger partial charge in [0.1, 0.15) is 13.2 Å². The third-order valence-corrected chi connectivity index (χ3v) is 4.90. The molecule has 46 heavy (non-hydrogen) atoms. The molecule has 5 N–H and O–H groups in total. The molecule has 0 aromatic heterocycles. The smallest absolute Gasteiger partial charge is 0.333 e. The van der Waals surface area contributed by atoms with Crippen molar-refractivity contribution in [1.82, 2.24) is 21.0 Å². The lowest BCUT2D eigenvalue weighted by molar-refractivity contribution is -0.197. The van der Waals surface area contributed by atoms with E-state index in [2.05, 4.69) is 26.5 Å². The summed E-state index contributed by atoms with van der Waals surface area (Å²) in [6, 6.07) is 0. The molecule has 1 aliphatic heterocycles. The molecule has 5 amide bonds. The molecule has 0 aromatic carbocycles. The van der Waals surface area contributed by atoms with E-state index in [1.807, 2.05) is 13.8 Å². The van der Waals surface area contributed by atoms with E-state index in [4.69, 9.17) is 9.47 Å². The van der Waals surface area contributed by atoms with Crippen molar-refractivity contribution in [3.05, 3.63) is 0 Å². The Morgan fingerprint density at radius 1 is 0.630 bits per heavy atom. The third-order valence-electron chi connectivity index (χ3n) is 4.90. The van der Waals surface area contributed by atoms with Gasteiger partial charge in [0.05, 0.1) is 32.4 Å². The van der Waals surface area contributed by atoms with Gasteiger partial charge in [0, 0.05) is 39.2 Å². The van der Waals surface area contributed by atoms with Gasteiger partial charge in [-0.3, -0.25) is 33.6 Å². The van der Waals surface area contributed by atoms with E-state index < -0.39 is 29.7 Å². The molecule has 0 aliphatic carbocycles. The number of esters is 2. The summed E-state index contributed by atoms with van der Waals surface area (Å²) >= 11 is 0. The monoisotopic (exact) mass is 667 g/mol. The molecule has 0 unspecified atom stereocenters. The van der Waals surface area contributed by atoms with E-state index >= 15 is 0 Å². The molecule has 0 radical (unpaired) electrons. The average molecular weight is 668 g/mol. The quantitative estimate of drug-likeness (QED) is 0.0990. The zero-order valence-electron chi connectivity index (χ0n) is 24.9.